The highest BCUT2D eigenvalue weighted by Crippen LogP contribution is 2.20. The zero-order valence-corrected chi connectivity index (χ0v) is 14.5. The van der Waals surface area contributed by atoms with Crippen molar-refractivity contribution in [1.82, 2.24) is 10.2 Å². The Balaban J connectivity index is 1.85. The molecule has 1 unspecified atom stereocenters. The maximum absolute atomic E-state index is 5.84. The molecular weight excluding hydrogens is 272 g/mol. The molecule has 0 aliphatic carbocycles. The van der Waals surface area contributed by atoms with Gasteiger partial charge in [0.25, 0.3) is 0 Å². The molecule has 1 heterocycles. The van der Waals surface area contributed by atoms with E-state index in [1.807, 2.05) is 0 Å². The van der Waals surface area contributed by atoms with Gasteiger partial charge in [-0.2, -0.15) is 0 Å². The molecule has 3 nitrogen and oxygen atoms in total. The average molecular weight is 304 g/mol. The molecule has 1 saturated heterocycles. The van der Waals surface area contributed by atoms with Crippen molar-refractivity contribution in [3.05, 3.63) is 29.8 Å². The summed E-state index contributed by atoms with van der Waals surface area (Å²) in [5.74, 6) is 2.37. The molecule has 1 aliphatic heterocycles. The summed E-state index contributed by atoms with van der Waals surface area (Å²) in [7, 11) is 0. The first kappa shape index (κ1) is 17.3. The van der Waals surface area contributed by atoms with Crippen LogP contribution in [0.1, 0.15) is 39.2 Å². The van der Waals surface area contributed by atoms with Gasteiger partial charge >= 0.3 is 0 Å². The number of hydrogen-bond acceptors (Lipinski definition) is 3. The molecule has 1 aliphatic rings. The Morgan fingerprint density at radius 3 is 3.00 bits per heavy atom. The van der Waals surface area contributed by atoms with Crippen LogP contribution in [0.2, 0.25) is 0 Å². The average Bonchev–Trinajstić information content (AvgIpc) is 2.52. The van der Waals surface area contributed by atoms with Gasteiger partial charge in [-0.05, 0) is 62.0 Å². The molecule has 1 fully saturated rings. The number of piperidine rings is 1. The van der Waals surface area contributed by atoms with E-state index >= 15 is 0 Å². The summed E-state index contributed by atoms with van der Waals surface area (Å²) in [5.41, 5.74) is 1.37. The third-order valence-corrected chi connectivity index (χ3v) is 4.17. The minimum Gasteiger partial charge on any atom is -0.493 e. The molecule has 3 heteroatoms. The summed E-state index contributed by atoms with van der Waals surface area (Å²) in [5, 5.41) is 3.49. The molecule has 1 aromatic rings. The third kappa shape index (κ3) is 5.98. The Kier molecular flexibility index (Phi) is 7.20. The molecule has 0 amide bonds. The highest BCUT2D eigenvalue weighted by molar-refractivity contribution is 5.28. The quantitative estimate of drug-likeness (QED) is 0.795. The Bertz CT molecular complexity index is 433. The fourth-order valence-electron chi connectivity index (χ4n) is 3.06. The Hall–Kier alpha value is -1.06. The van der Waals surface area contributed by atoms with E-state index in [9.17, 15) is 0 Å². The van der Waals surface area contributed by atoms with Gasteiger partial charge in [0.15, 0.2) is 0 Å². The van der Waals surface area contributed by atoms with Gasteiger partial charge in [0.1, 0.15) is 5.75 Å². The van der Waals surface area contributed by atoms with Gasteiger partial charge in [-0.15, -0.1) is 0 Å². The lowest BCUT2D eigenvalue weighted by molar-refractivity contribution is 0.165. The second-order valence-corrected chi connectivity index (χ2v) is 6.90. The lowest BCUT2D eigenvalue weighted by Crippen LogP contribution is -2.39. The topological polar surface area (TPSA) is 24.5 Å². The van der Waals surface area contributed by atoms with Crippen molar-refractivity contribution in [2.45, 2.75) is 40.2 Å². The van der Waals surface area contributed by atoms with E-state index in [0.717, 1.165) is 37.9 Å². The van der Waals surface area contributed by atoms with Gasteiger partial charge in [-0.3, -0.25) is 4.90 Å². The number of benzene rings is 1. The number of rotatable bonds is 8. The van der Waals surface area contributed by atoms with Gasteiger partial charge in [-0.1, -0.05) is 32.9 Å². The maximum atomic E-state index is 5.84. The molecule has 1 N–H and O–H groups in total. The fraction of sp³-hybridized carbons (Fsp3) is 0.684. The van der Waals surface area contributed by atoms with Crippen LogP contribution in [-0.2, 0) is 6.54 Å². The first-order valence-electron chi connectivity index (χ1n) is 8.82. The summed E-state index contributed by atoms with van der Waals surface area (Å²) in [4.78, 5) is 2.59. The molecule has 0 spiro atoms. The van der Waals surface area contributed by atoms with Crippen molar-refractivity contribution in [3.8, 4) is 5.75 Å². The molecule has 0 aromatic heterocycles. The highest BCUT2D eigenvalue weighted by atomic mass is 16.5. The van der Waals surface area contributed by atoms with E-state index in [1.54, 1.807) is 0 Å². The van der Waals surface area contributed by atoms with Crippen molar-refractivity contribution >= 4 is 0 Å². The van der Waals surface area contributed by atoms with E-state index in [0.29, 0.717) is 5.92 Å². The van der Waals surface area contributed by atoms with Crippen LogP contribution in [0.5, 0.6) is 5.75 Å². The second-order valence-electron chi connectivity index (χ2n) is 6.90. The van der Waals surface area contributed by atoms with Crippen molar-refractivity contribution in [3.63, 3.8) is 0 Å². The van der Waals surface area contributed by atoms with Gasteiger partial charge in [-0.25, -0.2) is 0 Å². The summed E-state index contributed by atoms with van der Waals surface area (Å²) in [6, 6.07) is 8.60. The minimum atomic E-state index is 0.567. The SMILES string of the molecule is CCNCC1CCCN(Cc2cccc(OCC(C)C)c2)C1. The molecule has 0 bridgehead atoms. The smallest absolute Gasteiger partial charge is 0.119 e. The molecule has 2 rings (SSSR count). The zero-order chi connectivity index (χ0) is 15.8. The van der Waals surface area contributed by atoms with Crippen LogP contribution in [0.15, 0.2) is 24.3 Å². The molecule has 0 saturated carbocycles. The van der Waals surface area contributed by atoms with Crippen molar-refractivity contribution < 1.29 is 4.74 Å². The number of likely N-dealkylation sites (tertiary alicyclic amines) is 1. The fourth-order valence-corrected chi connectivity index (χ4v) is 3.06. The zero-order valence-electron chi connectivity index (χ0n) is 14.5. The first-order chi connectivity index (χ1) is 10.7. The van der Waals surface area contributed by atoms with Gasteiger partial charge < -0.3 is 10.1 Å². The first-order valence-corrected chi connectivity index (χ1v) is 8.82. The standard InChI is InChI=1S/C19H32N2O/c1-4-20-12-18-8-6-10-21(14-18)13-17-7-5-9-19(11-17)22-15-16(2)3/h5,7,9,11,16,18,20H,4,6,8,10,12-15H2,1-3H3. The van der Waals surface area contributed by atoms with E-state index in [-0.39, 0.29) is 0 Å². The summed E-state index contributed by atoms with van der Waals surface area (Å²) >= 11 is 0. The molecule has 0 radical (unpaired) electrons. The number of ether oxygens (including phenoxy) is 1. The predicted octanol–water partition coefficient (Wildman–Crippen LogP) is 3.54. The van der Waals surface area contributed by atoms with Crippen LogP contribution >= 0.6 is 0 Å². The van der Waals surface area contributed by atoms with Crippen molar-refractivity contribution in [2.24, 2.45) is 11.8 Å². The van der Waals surface area contributed by atoms with E-state index in [4.69, 9.17) is 4.74 Å². The Morgan fingerprint density at radius 2 is 2.23 bits per heavy atom. The number of nitrogens with one attached hydrogen (secondary N) is 1. The Morgan fingerprint density at radius 1 is 1.36 bits per heavy atom. The predicted molar refractivity (Wildman–Crippen MR) is 93.3 cm³/mol. The summed E-state index contributed by atoms with van der Waals surface area (Å²) in [6.45, 7) is 13.0. The largest absolute Gasteiger partial charge is 0.493 e. The normalized spacial score (nSPS) is 19.5. The van der Waals surface area contributed by atoms with Crippen LogP contribution in [0.4, 0.5) is 0 Å². The lowest BCUT2D eigenvalue weighted by Gasteiger charge is -2.33. The van der Waals surface area contributed by atoms with Crippen molar-refractivity contribution in [2.75, 3.05) is 32.8 Å². The maximum Gasteiger partial charge on any atom is 0.119 e. The van der Waals surface area contributed by atoms with Gasteiger partial charge in [0, 0.05) is 13.1 Å². The summed E-state index contributed by atoms with van der Waals surface area (Å²) in [6.07, 6.45) is 2.68. The third-order valence-electron chi connectivity index (χ3n) is 4.17. The van der Waals surface area contributed by atoms with Crippen LogP contribution in [-0.4, -0.2) is 37.7 Å². The lowest BCUT2D eigenvalue weighted by atomic mass is 9.97. The van der Waals surface area contributed by atoms with Crippen LogP contribution < -0.4 is 10.1 Å². The van der Waals surface area contributed by atoms with Crippen molar-refractivity contribution in [1.29, 1.82) is 0 Å². The molecule has 124 valence electrons. The highest BCUT2D eigenvalue weighted by Gasteiger charge is 2.19. The molecule has 22 heavy (non-hydrogen) atoms. The number of nitrogens with zero attached hydrogens (tertiary/aromatic N) is 1. The van der Waals surface area contributed by atoms with E-state index < -0.39 is 0 Å². The molecule has 1 aromatic carbocycles. The van der Waals surface area contributed by atoms with Crippen LogP contribution in [0.3, 0.4) is 0 Å². The molecular formula is C19H32N2O. The van der Waals surface area contributed by atoms with E-state index in [2.05, 4.69) is 55.3 Å². The molecule has 1 atom stereocenters. The number of hydrogen-bond donors (Lipinski definition) is 1. The van der Waals surface area contributed by atoms with Crippen LogP contribution in [0.25, 0.3) is 0 Å². The summed E-state index contributed by atoms with van der Waals surface area (Å²) < 4.78 is 5.84. The minimum absolute atomic E-state index is 0.567. The van der Waals surface area contributed by atoms with Gasteiger partial charge in [0.2, 0.25) is 0 Å². The van der Waals surface area contributed by atoms with E-state index in [1.165, 1.54) is 31.5 Å². The Labute approximate surface area is 136 Å². The van der Waals surface area contributed by atoms with Gasteiger partial charge in [0.05, 0.1) is 6.61 Å². The van der Waals surface area contributed by atoms with Crippen LogP contribution in [0, 0.1) is 11.8 Å². The monoisotopic (exact) mass is 304 g/mol. The second kappa shape index (κ2) is 9.16.